The molecule has 0 aromatic carbocycles. The molecular formula is C16H28N2O2S. The Morgan fingerprint density at radius 3 is 3.00 bits per heavy atom. The summed E-state index contributed by atoms with van der Waals surface area (Å²) in [6, 6.07) is 0.178. The molecule has 1 saturated carbocycles. The van der Waals surface area contributed by atoms with Crippen molar-refractivity contribution in [3.05, 3.63) is 16.6 Å². The van der Waals surface area contributed by atoms with Crippen molar-refractivity contribution in [1.29, 1.82) is 0 Å². The summed E-state index contributed by atoms with van der Waals surface area (Å²) in [5, 5.41) is 16.4. The van der Waals surface area contributed by atoms with Gasteiger partial charge in [0.25, 0.3) is 0 Å². The van der Waals surface area contributed by atoms with E-state index in [0.29, 0.717) is 25.2 Å². The molecule has 2 rings (SSSR count). The number of ether oxygens (including phenoxy) is 1. The van der Waals surface area contributed by atoms with Crippen molar-refractivity contribution in [3.8, 4) is 0 Å². The predicted molar refractivity (Wildman–Crippen MR) is 86.5 cm³/mol. The first kappa shape index (κ1) is 16.9. The molecule has 1 fully saturated rings. The van der Waals surface area contributed by atoms with Gasteiger partial charge in [-0.1, -0.05) is 26.2 Å². The number of rotatable bonds is 8. The Kier molecular flexibility index (Phi) is 7.10. The van der Waals surface area contributed by atoms with Crippen LogP contribution >= 0.6 is 11.3 Å². The second-order valence-electron chi connectivity index (χ2n) is 5.98. The van der Waals surface area contributed by atoms with E-state index in [0.717, 1.165) is 11.4 Å². The normalized spacial score (nSPS) is 25.7. The van der Waals surface area contributed by atoms with Gasteiger partial charge >= 0.3 is 0 Å². The molecule has 1 aromatic heterocycles. The summed E-state index contributed by atoms with van der Waals surface area (Å²) in [5.41, 5.74) is 0. The molecule has 5 heteroatoms. The number of aliphatic hydroxyl groups excluding tert-OH is 1. The van der Waals surface area contributed by atoms with E-state index in [2.05, 4.69) is 24.1 Å². The molecule has 0 radical (unpaired) electrons. The number of nitrogens with one attached hydrogen (secondary N) is 1. The van der Waals surface area contributed by atoms with Crippen LogP contribution in [0.3, 0.4) is 0 Å². The first-order valence-corrected chi connectivity index (χ1v) is 9.01. The number of aliphatic hydroxyl groups is 1. The summed E-state index contributed by atoms with van der Waals surface area (Å²) >= 11 is 1.64. The van der Waals surface area contributed by atoms with Gasteiger partial charge in [-0.15, -0.1) is 11.3 Å². The number of thiazole rings is 1. The van der Waals surface area contributed by atoms with Crippen molar-refractivity contribution in [2.24, 2.45) is 5.92 Å². The lowest BCUT2D eigenvalue weighted by Gasteiger charge is -2.31. The molecule has 120 valence electrons. The second kappa shape index (κ2) is 8.83. The molecule has 0 saturated heterocycles. The van der Waals surface area contributed by atoms with Crippen molar-refractivity contribution in [2.75, 3.05) is 13.2 Å². The molecule has 4 atom stereocenters. The van der Waals surface area contributed by atoms with E-state index in [4.69, 9.17) is 4.74 Å². The Labute approximate surface area is 131 Å². The second-order valence-corrected chi connectivity index (χ2v) is 6.90. The summed E-state index contributed by atoms with van der Waals surface area (Å²) in [6.45, 7) is 5.28. The van der Waals surface area contributed by atoms with Gasteiger partial charge in [-0.3, -0.25) is 0 Å². The highest BCUT2D eigenvalue weighted by Crippen LogP contribution is 2.29. The lowest BCUT2D eigenvalue weighted by Crippen LogP contribution is -2.35. The van der Waals surface area contributed by atoms with Crippen LogP contribution in [0.15, 0.2) is 11.6 Å². The highest BCUT2D eigenvalue weighted by atomic mass is 32.1. The van der Waals surface area contributed by atoms with Crippen LogP contribution in [0.1, 0.15) is 57.0 Å². The monoisotopic (exact) mass is 312 g/mol. The summed E-state index contributed by atoms with van der Waals surface area (Å²) in [7, 11) is 0. The molecule has 1 aliphatic rings. The van der Waals surface area contributed by atoms with Gasteiger partial charge in [-0.25, -0.2) is 4.98 Å². The van der Waals surface area contributed by atoms with E-state index in [1.54, 1.807) is 11.3 Å². The van der Waals surface area contributed by atoms with E-state index in [1.165, 1.54) is 25.7 Å². The van der Waals surface area contributed by atoms with Crippen LogP contribution in [-0.2, 0) is 4.74 Å². The fraction of sp³-hybridized carbons (Fsp3) is 0.812. The van der Waals surface area contributed by atoms with Crippen LogP contribution in [-0.4, -0.2) is 35.5 Å². The third-order valence-corrected chi connectivity index (χ3v) is 5.31. The van der Waals surface area contributed by atoms with Gasteiger partial charge < -0.3 is 15.2 Å². The highest BCUT2D eigenvalue weighted by Gasteiger charge is 2.25. The van der Waals surface area contributed by atoms with Gasteiger partial charge in [-0.2, -0.15) is 0 Å². The standard InChI is InChI=1S/C16H28N2O2S/c1-3-13-6-4-5-7-15(13)20-11-14(19)10-18-12(2)16-17-8-9-21-16/h8-9,12-15,18-19H,3-7,10-11H2,1-2H3. The lowest BCUT2D eigenvalue weighted by molar-refractivity contribution is -0.0502. The van der Waals surface area contributed by atoms with E-state index >= 15 is 0 Å². The first-order valence-electron chi connectivity index (χ1n) is 8.13. The number of aromatic nitrogens is 1. The molecule has 2 N–H and O–H groups in total. The molecule has 1 heterocycles. The molecule has 0 amide bonds. The molecule has 1 aliphatic carbocycles. The first-order chi connectivity index (χ1) is 10.2. The molecule has 1 aromatic rings. The molecule has 21 heavy (non-hydrogen) atoms. The van der Waals surface area contributed by atoms with Crippen molar-refractivity contribution in [1.82, 2.24) is 10.3 Å². The van der Waals surface area contributed by atoms with Gasteiger partial charge in [0.1, 0.15) is 5.01 Å². The fourth-order valence-corrected chi connectivity index (χ4v) is 3.67. The van der Waals surface area contributed by atoms with Crippen molar-refractivity contribution in [3.63, 3.8) is 0 Å². The highest BCUT2D eigenvalue weighted by molar-refractivity contribution is 7.09. The quantitative estimate of drug-likeness (QED) is 0.774. The van der Waals surface area contributed by atoms with Crippen molar-refractivity contribution >= 4 is 11.3 Å². The van der Waals surface area contributed by atoms with Crippen LogP contribution in [0.2, 0.25) is 0 Å². The predicted octanol–water partition coefficient (Wildman–Crippen LogP) is 3.14. The van der Waals surface area contributed by atoms with E-state index < -0.39 is 6.10 Å². The fourth-order valence-electron chi connectivity index (χ4n) is 3.00. The third-order valence-electron chi connectivity index (χ3n) is 4.35. The minimum Gasteiger partial charge on any atom is -0.389 e. The van der Waals surface area contributed by atoms with Crippen molar-refractivity contribution in [2.45, 2.75) is 64.2 Å². The smallest absolute Gasteiger partial charge is 0.109 e. The molecule has 0 bridgehead atoms. The number of nitrogens with zero attached hydrogens (tertiary/aromatic N) is 1. The van der Waals surface area contributed by atoms with Gasteiger partial charge in [0.05, 0.1) is 24.9 Å². The molecule has 4 nitrogen and oxygen atoms in total. The van der Waals surface area contributed by atoms with Gasteiger partial charge in [-0.05, 0) is 25.7 Å². The minimum atomic E-state index is -0.452. The number of hydrogen-bond acceptors (Lipinski definition) is 5. The molecule has 0 spiro atoms. The van der Waals surface area contributed by atoms with E-state index in [-0.39, 0.29) is 6.04 Å². The zero-order valence-corrected chi connectivity index (χ0v) is 13.9. The Bertz CT molecular complexity index is 386. The van der Waals surface area contributed by atoms with E-state index in [9.17, 15) is 5.11 Å². The average Bonchev–Trinajstić information content (AvgIpc) is 3.05. The van der Waals surface area contributed by atoms with Gasteiger partial charge in [0.15, 0.2) is 0 Å². The van der Waals surface area contributed by atoms with Crippen LogP contribution in [0.25, 0.3) is 0 Å². The van der Waals surface area contributed by atoms with Gasteiger partial charge in [0.2, 0.25) is 0 Å². The number of hydrogen-bond donors (Lipinski definition) is 2. The van der Waals surface area contributed by atoms with Crippen LogP contribution < -0.4 is 5.32 Å². The summed E-state index contributed by atoms with van der Waals surface area (Å²) in [6.07, 6.45) is 7.89. The summed E-state index contributed by atoms with van der Waals surface area (Å²) in [5.74, 6) is 0.674. The Morgan fingerprint density at radius 1 is 1.48 bits per heavy atom. The topological polar surface area (TPSA) is 54.4 Å². The maximum Gasteiger partial charge on any atom is 0.109 e. The van der Waals surface area contributed by atoms with Gasteiger partial charge in [0, 0.05) is 18.1 Å². The third kappa shape index (κ3) is 5.33. The summed E-state index contributed by atoms with van der Waals surface area (Å²) in [4.78, 5) is 4.28. The molecular weight excluding hydrogens is 284 g/mol. The zero-order chi connectivity index (χ0) is 15.1. The van der Waals surface area contributed by atoms with Crippen LogP contribution in [0, 0.1) is 5.92 Å². The maximum atomic E-state index is 10.1. The lowest BCUT2D eigenvalue weighted by atomic mass is 9.85. The Hall–Kier alpha value is -0.490. The Morgan fingerprint density at radius 2 is 2.29 bits per heavy atom. The molecule has 0 aliphatic heterocycles. The average molecular weight is 312 g/mol. The summed E-state index contributed by atoms with van der Waals surface area (Å²) < 4.78 is 5.97. The van der Waals surface area contributed by atoms with Crippen LogP contribution in [0.4, 0.5) is 0 Å². The van der Waals surface area contributed by atoms with E-state index in [1.807, 2.05) is 11.6 Å². The largest absolute Gasteiger partial charge is 0.389 e. The maximum absolute atomic E-state index is 10.1. The molecule has 4 unspecified atom stereocenters. The zero-order valence-electron chi connectivity index (χ0n) is 13.1. The minimum absolute atomic E-state index is 0.178. The Balaban J connectivity index is 1.66. The van der Waals surface area contributed by atoms with Crippen molar-refractivity contribution < 1.29 is 9.84 Å². The SMILES string of the molecule is CCC1CCCCC1OCC(O)CNC(C)c1nccs1. The van der Waals surface area contributed by atoms with Crippen LogP contribution in [0.5, 0.6) is 0 Å².